The third kappa shape index (κ3) is 2.42. The van der Waals surface area contributed by atoms with Gasteiger partial charge in [-0.3, -0.25) is 0 Å². The molecule has 1 N–H and O–H groups in total. The molecule has 22 heavy (non-hydrogen) atoms. The summed E-state index contributed by atoms with van der Waals surface area (Å²) in [5.74, 6) is 1.16. The third-order valence-electron chi connectivity index (χ3n) is 4.04. The van der Waals surface area contributed by atoms with E-state index >= 15 is 0 Å². The first kappa shape index (κ1) is 13.2. The number of nitrogens with zero attached hydrogens (tertiary/aromatic N) is 3. The standard InChI is InChI=1S/C16H16N4O2/c1-2-4-11(5-3-1)14-12(6-7-21-14)8-17-15-13-9-20-22-16(13)19-10-18-15/h1-5,9-10,12,14H,6-8H2,(H,17,18,19)/t12-,14+/m1/s1. The molecule has 6 heteroatoms. The minimum absolute atomic E-state index is 0.133. The number of hydrogen-bond acceptors (Lipinski definition) is 6. The molecular formula is C16H16N4O2. The molecule has 0 saturated carbocycles. The zero-order valence-corrected chi connectivity index (χ0v) is 12.0. The molecule has 0 radical (unpaired) electrons. The van der Waals surface area contributed by atoms with E-state index in [1.807, 2.05) is 18.2 Å². The summed E-state index contributed by atoms with van der Waals surface area (Å²) in [4.78, 5) is 8.31. The van der Waals surface area contributed by atoms with E-state index < -0.39 is 0 Å². The Balaban J connectivity index is 1.50. The summed E-state index contributed by atoms with van der Waals surface area (Å²) in [6.45, 7) is 1.58. The van der Waals surface area contributed by atoms with Gasteiger partial charge in [0.15, 0.2) is 0 Å². The highest BCUT2D eigenvalue weighted by Crippen LogP contribution is 2.34. The molecule has 0 amide bonds. The maximum atomic E-state index is 5.91. The van der Waals surface area contributed by atoms with Crippen LogP contribution in [0.5, 0.6) is 0 Å². The highest BCUT2D eigenvalue weighted by molar-refractivity contribution is 5.84. The van der Waals surface area contributed by atoms with Crippen LogP contribution in [0, 0.1) is 5.92 Å². The summed E-state index contributed by atoms with van der Waals surface area (Å²) in [6, 6.07) is 10.4. The first-order valence-electron chi connectivity index (χ1n) is 7.37. The predicted molar refractivity (Wildman–Crippen MR) is 81.3 cm³/mol. The average Bonchev–Trinajstić information content (AvgIpc) is 3.23. The van der Waals surface area contributed by atoms with Gasteiger partial charge in [0.1, 0.15) is 17.5 Å². The number of fused-ring (bicyclic) bond motifs is 1. The van der Waals surface area contributed by atoms with E-state index in [1.54, 1.807) is 6.20 Å². The normalized spacial score (nSPS) is 21.3. The van der Waals surface area contributed by atoms with Gasteiger partial charge in [-0.05, 0) is 12.0 Å². The second kappa shape index (κ2) is 5.73. The number of ether oxygens (including phenoxy) is 1. The second-order valence-corrected chi connectivity index (χ2v) is 5.40. The summed E-state index contributed by atoms with van der Waals surface area (Å²) < 4.78 is 11.0. The fourth-order valence-electron chi connectivity index (χ4n) is 2.92. The molecule has 4 rings (SSSR count). The Hall–Kier alpha value is -2.47. The lowest BCUT2D eigenvalue weighted by molar-refractivity contribution is 0.0933. The van der Waals surface area contributed by atoms with Crippen LogP contribution >= 0.6 is 0 Å². The van der Waals surface area contributed by atoms with Crippen LogP contribution in [-0.4, -0.2) is 28.3 Å². The van der Waals surface area contributed by atoms with Crippen LogP contribution in [-0.2, 0) is 4.74 Å². The Bertz CT molecular complexity index is 759. The van der Waals surface area contributed by atoms with E-state index in [-0.39, 0.29) is 6.10 Å². The summed E-state index contributed by atoms with van der Waals surface area (Å²) in [5, 5.41) is 7.95. The van der Waals surface area contributed by atoms with Crippen molar-refractivity contribution in [1.29, 1.82) is 0 Å². The van der Waals surface area contributed by atoms with Gasteiger partial charge < -0.3 is 14.6 Å². The maximum absolute atomic E-state index is 5.91. The molecule has 0 aliphatic carbocycles. The Morgan fingerprint density at radius 1 is 1.18 bits per heavy atom. The van der Waals surface area contributed by atoms with E-state index in [9.17, 15) is 0 Å². The number of rotatable bonds is 4. The monoisotopic (exact) mass is 296 g/mol. The lowest BCUT2D eigenvalue weighted by Crippen LogP contribution is -2.18. The predicted octanol–water partition coefficient (Wildman–Crippen LogP) is 2.81. The van der Waals surface area contributed by atoms with E-state index in [2.05, 4.69) is 32.6 Å². The smallest absolute Gasteiger partial charge is 0.262 e. The number of benzene rings is 1. The fourth-order valence-corrected chi connectivity index (χ4v) is 2.92. The lowest BCUT2D eigenvalue weighted by Gasteiger charge is -2.19. The number of anilines is 1. The van der Waals surface area contributed by atoms with E-state index in [1.165, 1.54) is 11.9 Å². The van der Waals surface area contributed by atoms with Crippen molar-refractivity contribution >= 4 is 16.9 Å². The molecule has 0 bridgehead atoms. The molecule has 6 nitrogen and oxygen atoms in total. The van der Waals surface area contributed by atoms with Gasteiger partial charge in [-0.15, -0.1) is 0 Å². The molecule has 1 aliphatic heterocycles. The summed E-state index contributed by atoms with van der Waals surface area (Å²) in [7, 11) is 0. The Morgan fingerprint density at radius 3 is 3.00 bits per heavy atom. The molecule has 112 valence electrons. The van der Waals surface area contributed by atoms with Crippen molar-refractivity contribution in [3.05, 3.63) is 48.4 Å². The largest absolute Gasteiger partial charge is 0.373 e. The highest BCUT2D eigenvalue weighted by atomic mass is 16.5. The Labute approximate surface area is 127 Å². The molecule has 2 aromatic heterocycles. The molecule has 1 aliphatic rings. The first-order chi connectivity index (χ1) is 10.9. The zero-order chi connectivity index (χ0) is 14.8. The molecule has 0 spiro atoms. The van der Waals surface area contributed by atoms with Crippen molar-refractivity contribution in [1.82, 2.24) is 15.1 Å². The van der Waals surface area contributed by atoms with Gasteiger partial charge in [-0.2, -0.15) is 4.98 Å². The van der Waals surface area contributed by atoms with Crippen LogP contribution in [0.25, 0.3) is 11.1 Å². The minimum Gasteiger partial charge on any atom is -0.373 e. The van der Waals surface area contributed by atoms with E-state index in [0.29, 0.717) is 11.6 Å². The van der Waals surface area contributed by atoms with Crippen LogP contribution in [0.1, 0.15) is 18.1 Å². The second-order valence-electron chi connectivity index (χ2n) is 5.40. The lowest BCUT2D eigenvalue weighted by atomic mass is 9.95. The summed E-state index contributed by atoms with van der Waals surface area (Å²) in [5.41, 5.74) is 1.73. The van der Waals surface area contributed by atoms with Crippen LogP contribution < -0.4 is 5.32 Å². The van der Waals surface area contributed by atoms with Gasteiger partial charge in [0, 0.05) is 19.1 Å². The quantitative estimate of drug-likeness (QED) is 0.798. The van der Waals surface area contributed by atoms with Crippen molar-refractivity contribution in [2.24, 2.45) is 5.92 Å². The fraction of sp³-hybridized carbons (Fsp3) is 0.312. The summed E-state index contributed by atoms with van der Waals surface area (Å²) >= 11 is 0. The van der Waals surface area contributed by atoms with Crippen molar-refractivity contribution in [3.63, 3.8) is 0 Å². The molecule has 0 unspecified atom stereocenters. The molecule has 1 saturated heterocycles. The van der Waals surface area contributed by atoms with E-state index in [4.69, 9.17) is 9.26 Å². The molecular weight excluding hydrogens is 280 g/mol. The number of hydrogen-bond donors (Lipinski definition) is 1. The topological polar surface area (TPSA) is 73.1 Å². The van der Waals surface area contributed by atoms with Gasteiger partial charge in [-0.1, -0.05) is 35.5 Å². The van der Waals surface area contributed by atoms with E-state index in [0.717, 1.165) is 30.8 Å². The Morgan fingerprint density at radius 2 is 2.09 bits per heavy atom. The minimum atomic E-state index is 0.133. The number of nitrogens with one attached hydrogen (secondary N) is 1. The van der Waals surface area contributed by atoms with Crippen LogP contribution in [0.3, 0.4) is 0 Å². The van der Waals surface area contributed by atoms with Gasteiger partial charge >= 0.3 is 0 Å². The average molecular weight is 296 g/mol. The van der Waals surface area contributed by atoms with Crippen molar-refractivity contribution in [2.75, 3.05) is 18.5 Å². The van der Waals surface area contributed by atoms with Crippen molar-refractivity contribution < 1.29 is 9.26 Å². The highest BCUT2D eigenvalue weighted by Gasteiger charge is 2.29. The van der Waals surface area contributed by atoms with Gasteiger partial charge in [0.2, 0.25) is 0 Å². The van der Waals surface area contributed by atoms with Crippen molar-refractivity contribution in [3.8, 4) is 0 Å². The molecule has 3 heterocycles. The zero-order valence-electron chi connectivity index (χ0n) is 12.0. The SMILES string of the molecule is c1ccc([C@@H]2OCC[C@@H]2CNc2ncnc3oncc23)cc1. The molecule has 3 aromatic rings. The Kier molecular flexibility index (Phi) is 3.44. The van der Waals surface area contributed by atoms with Gasteiger partial charge in [0.05, 0.1) is 12.3 Å². The molecule has 1 aromatic carbocycles. The van der Waals surface area contributed by atoms with Crippen LogP contribution in [0.2, 0.25) is 0 Å². The van der Waals surface area contributed by atoms with Gasteiger partial charge in [0.25, 0.3) is 5.71 Å². The third-order valence-corrected chi connectivity index (χ3v) is 4.04. The number of aromatic nitrogens is 3. The summed E-state index contributed by atoms with van der Waals surface area (Å²) in [6.07, 6.45) is 4.28. The van der Waals surface area contributed by atoms with Crippen molar-refractivity contribution in [2.45, 2.75) is 12.5 Å². The molecule has 1 fully saturated rings. The van der Waals surface area contributed by atoms with Crippen LogP contribution in [0.4, 0.5) is 5.82 Å². The maximum Gasteiger partial charge on any atom is 0.262 e. The first-order valence-corrected chi connectivity index (χ1v) is 7.37. The van der Waals surface area contributed by atoms with Crippen LogP contribution in [0.15, 0.2) is 47.4 Å². The molecule has 2 atom stereocenters. The van der Waals surface area contributed by atoms with Gasteiger partial charge in [-0.25, -0.2) is 4.98 Å².